The maximum absolute atomic E-state index is 12.5. The Morgan fingerprint density at radius 1 is 1.20 bits per heavy atom. The summed E-state index contributed by atoms with van der Waals surface area (Å²) < 4.78 is 17.3. The van der Waals surface area contributed by atoms with E-state index in [9.17, 15) is 4.79 Å². The van der Waals surface area contributed by atoms with Gasteiger partial charge < -0.3 is 14.2 Å². The molecule has 30 heavy (non-hydrogen) atoms. The lowest BCUT2D eigenvalue weighted by Crippen LogP contribution is -2.35. The van der Waals surface area contributed by atoms with Crippen LogP contribution in [-0.2, 0) is 16.1 Å². The Labute approximate surface area is 179 Å². The van der Waals surface area contributed by atoms with Crippen LogP contribution in [0.25, 0.3) is 10.2 Å². The number of amides is 1. The highest BCUT2D eigenvalue weighted by Crippen LogP contribution is 2.28. The fourth-order valence-electron chi connectivity index (χ4n) is 3.26. The van der Waals surface area contributed by atoms with Crippen molar-refractivity contribution in [2.45, 2.75) is 19.6 Å². The third-order valence-corrected chi connectivity index (χ3v) is 5.87. The number of thiazole rings is 1. The number of carbonyl (C=O) groups is 1. The summed E-state index contributed by atoms with van der Waals surface area (Å²) >= 11 is 1.47. The first kappa shape index (κ1) is 20.6. The molecule has 0 aliphatic carbocycles. The second-order valence-corrected chi connectivity index (χ2v) is 8.17. The van der Waals surface area contributed by atoms with Gasteiger partial charge in [0, 0.05) is 19.6 Å². The number of morpholine rings is 1. The fraction of sp³-hybridized carbons (Fsp3) is 0.364. The summed E-state index contributed by atoms with van der Waals surface area (Å²) in [7, 11) is 1.61. The van der Waals surface area contributed by atoms with Crippen LogP contribution in [0.1, 0.15) is 12.5 Å². The average molecular weight is 428 g/mol. The van der Waals surface area contributed by atoms with Crippen LogP contribution in [0.4, 0.5) is 5.13 Å². The molecule has 1 fully saturated rings. The first-order valence-corrected chi connectivity index (χ1v) is 10.7. The number of nitrogens with zero attached hydrogens (tertiary/aromatic N) is 2. The molecule has 1 aliphatic heterocycles. The monoisotopic (exact) mass is 427 g/mol. The zero-order chi connectivity index (χ0) is 20.9. The molecule has 0 radical (unpaired) electrons. The number of hydrogen-bond acceptors (Lipinski definition) is 7. The van der Waals surface area contributed by atoms with E-state index in [-0.39, 0.29) is 5.91 Å². The summed E-state index contributed by atoms with van der Waals surface area (Å²) in [5, 5.41) is 3.44. The minimum atomic E-state index is -0.651. The van der Waals surface area contributed by atoms with Crippen LogP contribution in [-0.4, -0.2) is 55.3 Å². The molecular formula is C22H25N3O4S. The molecule has 3 aromatic rings. The van der Waals surface area contributed by atoms with Gasteiger partial charge in [0.15, 0.2) is 11.2 Å². The van der Waals surface area contributed by atoms with Crippen molar-refractivity contribution in [2.75, 3.05) is 38.7 Å². The van der Waals surface area contributed by atoms with Gasteiger partial charge in [0.2, 0.25) is 0 Å². The van der Waals surface area contributed by atoms with Crippen molar-refractivity contribution >= 4 is 32.6 Å². The molecule has 1 unspecified atom stereocenters. The van der Waals surface area contributed by atoms with Crippen molar-refractivity contribution in [3.05, 3.63) is 48.0 Å². The molecule has 8 heteroatoms. The van der Waals surface area contributed by atoms with Gasteiger partial charge in [-0.3, -0.25) is 15.0 Å². The lowest BCUT2D eigenvalue weighted by molar-refractivity contribution is -0.122. The number of ether oxygens (including phenoxy) is 3. The van der Waals surface area contributed by atoms with Gasteiger partial charge in [-0.15, -0.1) is 0 Å². The maximum atomic E-state index is 12.5. The van der Waals surface area contributed by atoms with Crippen molar-refractivity contribution in [1.82, 2.24) is 9.88 Å². The van der Waals surface area contributed by atoms with E-state index in [4.69, 9.17) is 14.2 Å². The second kappa shape index (κ2) is 9.42. The molecular weight excluding hydrogens is 402 g/mol. The van der Waals surface area contributed by atoms with E-state index in [2.05, 4.69) is 27.3 Å². The lowest BCUT2D eigenvalue weighted by Gasteiger charge is -2.26. The Hall–Kier alpha value is -2.68. The molecule has 1 amide bonds. The number of fused-ring (bicyclic) bond motifs is 1. The van der Waals surface area contributed by atoms with E-state index in [0.717, 1.165) is 48.8 Å². The molecule has 7 nitrogen and oxygen atoms in total. The van der Waals surface area contributed by atoms with Crippen LogP contribution >= 0.6 is 11.3 Å². The summed E-state index contributed by atoms with van der Waals surface area (Å²) in [5.74, 6) is 1.11. The number of hydrogen-bond donors (Lipinski definition) is 1. The fourth-order valence-corrected chi connectivity index (χ4v) is 4.19. The van der Waals surface area contributed by atoms with Crippen molar-refractivity contribution in [3.8, 4) is 11.5 Å². The zero-order valence-corrected chi connectivity index (χ0v) is 17.9. The molecule has 1 aliphatic rings. The summed E-state index contributed by atoms with van der Waals surface area (Å²) in [5.41, 5.74) is 2.12. The van der Waals surface area contributed by atoms with E-state index in [1.807, 2.05) is 6.07 Å². The molecule has 1 atom stereocenters. The number of rotatable bonds is 7. The Kier molecular flexibility index (Phi) is 6.47. The van der Waals surface area contributed by atoms with Gasteiger partial charge in [-0.05, 0) is 48.9 Å². The van der Waals surface area contributed by atoms with E-state index >= 15 is 0 Å². The lowest BCUT2D eigenvalue weighted by atomic mass is 10.2. The molecule has 4 rings (SSSR count). The first-order chi connectivity index (χ1) is 14.6. The number of nitrogens with one attached hydrogen (secondary N) is 1. The molecule has 1 aromatic heterocycles. The van der Waals surface area contributed by atoms with Gasteiger partial charge in [-0.25, -0.2) is 4.98 Å². The van der Waals surface area contributed by atoms with Crippen LogP contribution in [0, 0.1) is 0 Å². The topological polar surface area (TPSA) is 72.9 Å². The quantitative estimate of drug-likeness (QED) is 0.622. The van der Waals surface area contributed by atoms with Crippen LogP contribution in [0.3, 0.4) is 0 Å². The van der Waals surface area contributed by atoms with Gasteiger partial charge in [0.1, 0.15) is 11.5 Å². The summed E-state index contributed by atoms with van der Waals surface area (Å²) in [4.78, 5) is 19.4. The van der Waals surface area contributed by atoms with Crippen molar-refractivity contribution < 1.29 is 19.0 Å². The summed E-state index contributed by atoms with van der Waals surface area (Å²) in [6.07, 6.45) is -0.651. The van der Waals surface area contributed by atoms with E-state index in [0.29, 0.717) is 10.9 Å². The predicted molar refractivity (Wildman–Crippen MR) is 117 cm³/mol. The summed E-state index contributed by atoms with van der Waals surface area (Å²) in [6, 6.07) is 13.4. The number of benzene rings is 2. The predicted octanol–water partition coefficient (Wildman–Crippen LogP) is 3.54. The molecule has 2 aromatic carbocycles. The van der Waals surface area contributed by atoms with E-state index < -0.39 is 6.10 Å². The van der Waals surface area contributed by atoms with Gasteiger partial charge in [0.05, 0.1) is 30.5 Å². The largest absolute Gasteiger partial charge is 0.497 e. The Morgan fingerprint density at radius 2 is 1.93 bits per heavy atom. The van der Waals surface area contributed by atoms with Crippen LogP contribution in [0.2, 0.25) is 0 Å². The maximum Gasteiger partial charge on any atom is 0.266 e. The van der Waals surface area contributed by atoms with Gasteiger partial charge in [-0.2, -0.15) is 0 Å². The smallest absolute Gasteiger partial charge is 0.266 e. The van der Waals surface area contributed by atoms with Gasteiger partial charge in [0.25, 0.3) is 5.91 Å². The zero-order valence-electron chi connectivity index (χ0n) is 17.1. The molecule has 0 bridgehead atoms. The molecule has 2 heterocycles. The highest BCUT2D eigenvalue weighted by molar-refractivity contribution is 7.22. The third-order valence-electron chi connectivity index (χ3n) is 4.93. The highest BCUT2D eigenvalue weighted by Gasteiger charge is 2.17. The summed E-state index contributed by atoms with van der Waals surface area (Å²) in [6.45, 7) is 6.09. The number of methoxy groups -OCH3 is 1. The molecule has 0 saturated carbocycles. The normalized spacial score (nSPS) is 15.7. The van der Waals surface area contributed by atoms with Crippen molar-refractivity contribution in [3.63, 3.8) is 0 Å². The Bertz CT molecular complexity index is 999. The molecule has 1 saturated heterocycles. The third kappa shape index (κ3) is 5.08. The molecule has 1 N–H and O–H groups in total. The van der Waals surface area contributed by atoms with Gasteiger partial charge >= 0.3 is 0 Å². The molecule has 0 spiro atoms. The Balaban J connectivity index is 1.37. The number of carbonyl (C=O) groups excluding carboxylic acids is 1. The Morgan fingerprint density at radius 3 is 2.67 bits per heavy atom. The average Bonchev–Trinajstić information content (AvgIpc) is 3.16. The van der Waals surface area contributed by atoms with Crippen LogP contribution < -0.4 is 14.8 Å². The first-order valence-electron chi connectivity index (χ1n) is 9.92. The van der Waals surface area contributed by atoms with Gasteiger partial charge in [-0.1, -0.05) is 17.4 Å². The van der Waals surface area contributed by atoms with E-state index in [1.165, 1.54) is 16.9 Å². The molecule has 158 valence electrons. The van der Waals surface area contributed by atoms with E-state index in [1.54, 1.807) is 38.3 Å². The second-order valence-electron chi connectivity index (χ2n) is 7.13. The SMILES string of the molecule is COc1ccc(OC(C)C(=O)Nc2nc3ccc(CN4CCOCC4)cc3s2)cc1. The number of aromatic nitrogens is 1. The standard InChI is InChI=1S/C22H25N3O4S/c1-15(29-18-6-4-17(27-2)5-7-18)21(26)24-22-23-19-8-3-16(13-20(19)30-22)14-25-9-11-28-12-10-25/h3-8,13,15H,9-12,14H2,1-2H3,(H,23,24,26). The highest BCUT2D eigenvalue weighted by atomic mass is 32.1. The van der Waals surface area contributed by atoms with Crippen LogP contribution in [0.5, 0.6) is 11.5 Å². The van der Waals surface area contributed by atoms with Crippen molar-refractivity contribution in [1.29, 1.82) is 0 Å². The minimum Gasteiger partial charge on any atom is -0.497 e. The minimum absolute atomic E-state index is 0.238. The van der Waals surface area contributed by atoms with Crippen molar-refractivity contribution in [2.24, 2.45) is 0 Å². The van der Waals surface area contributed by atoms with Crippen LogP contribution in [0.15, 0.2) is 42.5 Å². The number of anilines is 1.